The first-order chi connectivity index (χ1) is 6.75. The molecule has 0 saturated heterocycles. The van der Waals surface area contributed by atoms with Gasteiger partial charge in [-0.3, -0.25) is 4.79 Å². The molecule has 0 saturated carbocycles. The van der Waals surface area contributed by atoms with E-state index in [0.29, 0.717) is 0 Å². The van der Waals surface area contributed by atoms with Gasteiger partial charge < -0.3 is 5.11 Å². The molecule has 74 valence electrons. The highest BCUT2D eigenvalue weighted by molar-refractivity contribution is 5.96. The number of rotatable bonds is 3. The molecule has 0 aliphatic carbocycles. The van der Waals surface area contributed by atoms with Crippen LogP contribution < -0.4 is 5.43 Å². The lowest BCUT2D eigenvalue weighted by Gasteiger charge is -2.01. The van der Waals surface area contributed by atoms with Crippen molar-refractivity contribution in [3.05, 3.63) is 29.8 Å². The fourth-order valence-corrected chi connectivity index (χ4v) is 0.921. The molecule has 1 rings (SSSR count). The fourth-order valence-electron chi connectivity index (χ4n) is 0.921. The van der Waals surface area contributed by atoms with Crippen LogP contribution in [-0.4, -0.2) is 17.2 Å². The van der Waals surface area contributed by atoms with Gasteiger partial charge in [-0.05, 0) is 18.6 Å². The molecule has 0 spiro atoms. The molecule has 0 atom stereocenters. The quantitative estimate of drug-likeness (QED) is 0.563. The van der Waals surface area contributed by atoms with E-state index in [1.165, 1.54) is 12.1 Å². The second-order valence-corrected chi connectivity index (χ2v) is 2.68. The Morgan fingerprint density at radius 3 is 2.93 bits per heavy atom. The number of benzene rings is 1. The Balaban J connectivity index is 2.70. The van der Waals surface area contributed by atoms with Gasteiger partial charge in [0.25, 0.3) is 5.91 Å². The molecule has 0 aliphatic rings. The molecule has 4 nitrogen and oxygen atoms in total. The molecule has 0 aromatic heterocycles. The molecule has 0 radical (unpaired) electrons. The van der Waals surface area contributed by atoms with Gasteiger partial charge in [-0.15, -0.1) is 0 Å². The van der Waals surface area contributed by atoms with Gasteiger partial charge in [0.1, 0.15) is 5.75 Å². The molecular weight excluding hydrogens is 180 g/mol. The van der Waals surface area contributed by atoms with Crippen molar-refractivity contribution in [1.82, 2.24) is 5.43 Å². The third-order valence-electron chi connectivity index (χ3n) is 1.59. The molecule has 2 N–H and O–H groups in total. The Kier molecular flexibility index (Phi) is 3.67. The maximum atomic E-state index is 11.4. The van der Waals surface area contributed by atoms with Crippen LogP contribution >= 0.6 is 0 Å². The summed E-state index contributed by atoms with van der Waals surface area (Å²) >= 11 is 0. The van der Waals surface area contributed by atoms with E-state index in [1.807, 2.05) is 6.92 Å². The third-order valence-corrected chi connectivity index (χ3v) is 1.59. The SMILES string of the molecule is CCC=NNC(=O)c1ccccc1O. The Hall–Kier alpha value is -1.84. The number of hydrogen-bond donors (Lipinski definition) is 2. The van der Waals surface area contributed by atoms with Crippen LogP contribution in [0.15, 0.2) is 29.4 Å². The summed E-state index contributed by atoms with van der Waals surface area (Å²) in [5, 5.41) is 13.0. The minimum atomic E-state index is -0.409. The number of nitrogens with zero attached hydrogens (tertiary/aromatic N) is 1. The summed E-state index contributed by atoms with van der Waals surface area (Å²) in [6.07, 6.45) is 2.33. The van der Waals surface area contributed by atoms with Gasteiger partial charge in [0, 0.05) is 6.21 Å². The summed E-state index contributed by atoms with van der Waals surface area (Å²) < 4.78 is 0. The number of hydrazone groups is 1. The number of phenols is 1. The summed E-state index contributed by atoms with van der Waals surface area (Å²) in [7, 11) is 0. The Morgan fingerprint density at radius 1 is 1.57 bits per heavy atom. The van der Waals surface area contributed by atoms with Crippen LogP contribution in [0.1, 0.15) is 23.7 Å². The molecule has 1 amide bonds. The first-order valence-corrected chi connectivity index (χ1v) is 4.35. The number of amides is 1. The van der Waals surface area contributed by atoms with Crippen LogP contribution in [0.4, 0.5) is 0 Å². The van der Waals surface area contributed by atoms with Crippen molar-refractivity contribution >= 4 is 12.1 Å². The Morgan fingerprint density at radius 2 is 2.29 bits per heavy atom. The molecule has 1 aromatic rings. The number of para-hydroxylation sites is 1. The molecule has 4 heteroatoms. The second-order valence-electron chi connectivity index (χ2n) is 2.68. The average Bonchev–Trinajstić information content (AvgIpc) is 2.18. The van der Waals surface area contributed by atoms with E-state index >= 15 is 0 Å². The summed E-state index contributed by atoms with van der Waals surface area (Å²) in [6, 6.07) is 6.32. The zero-order valence-electron chi connectivity index (χ0n) is 7.90. The monoisotopic (exact) mass is 192 g/mol. The lowest BCUT2D eigenvalue weighted by molar-refractivity contribution is 0.0952. The number of carbonyl (C=O) groups excluding carboxylic acids is 1. The highest BCUT2D eigenvalue weighted by atomic mass is 16.3. The van der Waals surface area contributed by atoms with Gasteiger partial charge in [0.05, 0.1) is 5.56 Å². The molecule has 0 aliphatic heterocycles. The van der Waals surface area contributed by atoms with Gasteiger partial charge in [-0.25, -0.2) is 5.43 Å². The summed E-state index contributed by atoms with van der Waals surface area (Å²) in [4.78, 5) is 11.4. The highest BCUT2D eigenvalue weighted by Crippen LogP contribution is 2.14. The van der Waals surface area contributed by atoms with Gasteiger partial charge in [-0.2, -0.15) is 5.10 Å². The molecule has 0 fully saturated rings. The molecule has 0 bridgehead atoms. The smallest absolute Gasteiger partial charge is 0.275 e. The molecule has 0 heterocycles. The van der Waals surface area contributed by atoms with Crippen molar-refractivity contribution in [3.63, 3.8) is 0 Å². The zero-order valence-corrected chi connectivity index (χ0v) is 7.90. The summed E-state index contributed by atoms with van der Waals surface area (Å²) in [6.45, 7) is 1.91. The number of carbonyl (C=O) groups is 1. The lowest BCUT2D eigenvalue weighted by atomic mass is 10.2. The maximum Gasteiger partial charge on any atom is 0.275 e. The maximum absolute atomic E-state index is 11.4. The number of aromatic hydroxyl groups is 1. The summed E-state index contributed by atoms with van der Waals surface area (Å²) in [5.41, 5.74) is 2.53. The topological polar surface area (TPSA) is 61.7 Å². The standard InChI is InChI=1S/C10H12N2O2/c1-2-7-11-12-10(14)8-5-3-4-6-9(8)13/h3-7,13H,2H2,1H3,(H,12,14). The van der Waals surface area contributed by atoms with Crippen molar-refractivity contribution in [2.45, 2.75) is 13.3 Å². The lowest BCUT2D eigenvalue weighted by Crippen LogP contribution is -2.17. The van der Waals surface area contributed by atoms with Crippen LogP contribution in [0.2, 0.25) is 0 Å². The molecule has 0 unspecified atom stereocenters. The Bertz CT molecular complexity index is 348. The van der Waals surface area contributed by atoms with Crippen molar-refractivity contribution < 1.29 is 9.90 Å². The number of phenolic OH excluding ortho intramolecular Hbond substituents is 1. The van der Waals surface area contributed by atoms with Crippen molar-refractivity contribution in [2.24, 2.45) is 5.10 Å². The van der Waals surface area contributed by atoms with Gasteiger partial charge >= 0.3 is 0 Å². The summed E-state index contributed by atoms with van der Waals surface area (Å²) in [5.74, 6) is -0.454. The largest absolute Gasteiger partial charge is 0.507 e. The zero-order chi connectivity index (χ0) is 10.4. The van der Waals surface area contributed by atoms with Crippen molar-refractivity contribution in [2.75, 3.05) is 0 Å². The fraction of sp³-hybridized carbons (Fsp3) is 0.200. The first-order valence-electron chi connectivity index (χ1n) is 4.35. The van der Waals surface area contributed by atoms with Crippen LogP contribution in [0, 0.1) is 0 Å². The molecular formula is C10H12N2O2. The van der Waals surface area contributed by atoms with E-state index in [4.69, 9.17) is 0 Å². The van der Waals surface area contributed by atoms with Crippen LogP contribution in [-0.2, 0) is 0 Å². The number of nitrogens with one attached hydrogen (secondary N) is 1. The second kappa shape index (κ2) is 5.01. The molecule has 1 aromatic carbocycles. The predicted molar refractivity (Wildman–Crippen MR) is 54.4 cm³/mol. The van der Waals surface area contributed by atoms with Crippen LogP contribution in [0.25, 0.3) is 0 Å². The van der Waals surface area contributed by atoms with E-state index < -0.39 is 5.91 Å². The number of hydrogen-bond acceptors (Lipinski definition) is 3. The van der Waals surface area contributed by atoms with E-state index in [2.05, 4.69) is 10.5 Å². The van der Waals surface area contributed by atoms with E-state index in [9.17, 15) is 9.90 Å². The Labute approximate surface area is 82.3 Å². The van der Waals surface area contributed by atoms with Gasteiger partial charge in [0.15, 0.2) is 0 Å². The normalized spacial score (nSPS) is 10.4. The highest BCUT2D eigenvalue weighted by Gasteiger charge is 2.07. The van der Waals surface area contributed by atoms with Crippen molar-refractivity contribution in [3.8, 4) is 5.75 Å². The minimum absolute atomic E-state index is 0.0447. The van der Waals surface area contributed by atoms with E-state index in [0.717, 1.165) is 6.42 Å². The van der Waals surface area contributed by atoms with Crippen molar-refractivity contribution in [1.29, 1.82) is 0 Å². The van der Waals surface area contributed by atoms with Gasteiger partial charge in [0.2, 0.25) is 0 Å². The third kappa shape index (κ3) is 2.58. The average molecular weight is 192 g/mol. The van der Waals surface area contributed by atoms with Gasteiger partial charge in [-0.1, -0.05) is 19.1 Å². The van der Waals surface area contributed by atoms with Crippen LogP contribution in [0.3, 0.4) is 0 Å². The van der Waals surface area contributed by atoms with Crippen LogP contribution in [0.5, 0.6) is 5.75 Å². The van der Waals surface area contributed by atoms with E-state index in [-0.39, 0.29) is 11.3 Å². The minimum Gasteiger partial charge on any atom is -0.507 e. The predicted octanol–water partition coefficient (Wildman–Crippen LogP) is 1.52. The first kappa shape index (κ1) is 10.2. The van der Waals surface area contributed by atoms with E-state index in [1.54, 1.807) is 18.3 Å². The molecule has 14 heavy (non-hydrogen) atoms.